The van der Waals surface area contributed by atoms with Gasteiger partial charge in [0.1, 0.15) is 12.1 Å². The number of rotatable bonds is 6. The minimum atomic E-state index is -0.809. The number of carbonyl (C=O) groups is 3. The summed E-state index contributed by atoms with van der Waals surface area (Å²) < 4.78 is 0. The molecular formula is C20H27N3O3S. The van der Waals surface area contributed by atoms with Crippen molar-refractivity contribution in [2.24, 2.45) is 5.92 Å². The van der Waals surface area contributed by atoms with Crippen LogP contribution in [-0.2, 0) is 9.59 Å². The van der Waals surface area contributed by atoms with Crippen LogP contribution < -0.4 is 10.6 Å². The molecule has 4 amide bonds. The van der Waals surface area contributed by atoms with Crippen LogP contribution in [0.15, 0.2) is 29.2 Å². The Labute approximate surface area is 164 Å². The van der Waals surface area contributed by atoms with Crippen LogP contribution in [0.1, 0.15) is 38.2 Å². The third-order valence-corrected chi connectivity index (χ3v) is 6.53. The van der Waals surface area contributed by atoms with Gasteiger partial charge >= 0.3 is 6.03 Å². The first-order chi connectivity index (χ1) is 12.9. The highest BCUT2D eigenvalue weighted by Gasteiger charge is 2.55. The fourth-order valence-electron chi connectivity index (χ4n) is 3.83. The molecule has 0 radical (unpaired) electrons. The lowest BCUT2D eigenvalue weighted by atomic mass is 9.73. The first-order valence-corrected chi connectivity index (χ1v) is 10.5. The van der Waals surface area contributed by atoms with Crippen LogP contribution in [0.2, 0.25) is 0 Å². The first kappa shape index (κ1) is 19.7. The van der Waals surface area contributed by atoms with E-state index in [1.54, 1.807) is 11.8 Å². The van der Waals surface area contributed by atoms with Gasteiger partial charge in [0.05, 0.1) is 0 Å². The Morgan fingerprint density at radius 1 is 1.30 bits per heavy atom. The number of urea groups is 1. The van der Waals surface area contributed by atoms with Crippen LogP contribution in [0.5, 0.6) is 0 Å². The zero-order valence-electron chi connectivity index (χ0n) is 15.9. The summed E-state index contributed by atoms with van der Waals surface area (Å²) in [6, 6.07) is 7.78. The highest BCUT2D eigenvalue weighted by atomic mass is 32.2. The van der Waals surface area contributed by atoms with E-state index in [0.717, 1.165) is 34.8 Å². The van der Waals surface area contributed by atoms with Gasteiger partial charge in [0.2, 0.25) is 5.91 Å². The normalized spacial score (nSPS) is 25.0. The third-order valence-electron chi connectivity index (χ3n) is 5.52. The molecule has 0 aromatic heterocycles. The van der Waals surface area contributed by atoms with Gasteiger partial charge in [-0.3, -0.25) is 14.5 Å². The second-order valence-corrected chi connectivity index (χ2v) is 8.62. The van der Waals surface area contributed by atoms with Crippen LogP contribution >= 0.6 is 11.8 Å². The fraction of sp³-hybridized carbons (Fsp3) is 0.550. The summed E-state index contributed by atoms with van der Waals surface area (Å²) in [6.45, 7) is 4.32. The van der Waals surface area contributed by atoms with Gasteiger partial charge in [-0.25, -0.2) is 4.79 Å². The van der Waals surface area contributed by atoms with Crippen molar-refractivity contribution in [2.45, 2.75) is 50.0 Å². The number of carbonyl (C=O) groups excluding carboxylic acids is 3. The zero-order chi connectivity index (χ0) is 19.4. The van der Waals surface area contributed by atoms with Gasteiger partial charge in [-0.1, -0.05) is 37.5 Å². The van der Waals surface area contributed by atoms with E-state index in [2.05, 4.69) is 34.9 Å². The SMILES string of the molecule is Cc1ccc(SCCNC(=O)CN2C(=O)N[C@@]3(CCCC[C@H]3C)C2=O)cc1. The Balaban J connectivity index is 1.47. The highest BCUT2D eigenvalue weighted by molar-refractivity contribution is 7.99. The molecule has 1 heterocycles. The van der Waals surface area contributed by atoms with Crippen molar-refractivity contribution in [3.63, 3.8) is 0 Å². The average molecular weight is 390 g/mol. The van der Waals surface area contributed by atoms with E-state index in [4.69, 9.17) is 0 Å². The van der Waals surface area contributed by atoms with E-state index in [0.29, 0.717) is 13.0 Å². The number of amides is 4. The molecule has 146 valence electrons. The minimum Gasteiger partial charge on any atom is -0.354 e. The van der Waals surface area contributed by atoms with E-state index in [-0.39, 0.29) is 24.3 Å². The number of imide groups is 1. The van der Waals surface area contributed by atoms with E-state index >= 15 is 0 Å². The van der Waals surface area contributed by atoms with E-state index in [1.807, 2.05) is 13.8 Å². The van der Waals surface area contributed by atoms with Crippen molar-refractivity contribution in [2.75, 3.05) is 18.8 Å². The third kappa shape index (κ3) is 4.29. The number of hydrogen-bond acceptors (Lipinski definition) is 4. The van der Waals surface area contributed by atoms with Gasteiger partial charge in [0, 0.05) is 17.2 Å². The smallest absolute Gasteiger partial charge is 0.325 e. The Kier molecular flexibility index (Phi) is 6.09. The molecule has 1 aromatic rings. The Morgan fingerprint density at radius 3 is 2.74 bits per heavy atom. The Hall–Kier alpha value is -2.02. The largest absolute Gasteiger partial charge is 0.354 e. The number of thioether (sulfide) groups is 1. The van der Waals surface area contributed by atoms with Gasteiger partial charge in [-0.2, -0.15) is 0 Å². The van der Waals surface area contributed by atoms with Crippen molar-refractivity contribution in [3.05, 3.63) is 29.8 Å². The molecule has 7 heteroatoms. The quantitative estimate of drug-likeness (QED) is 0.445. The van der Waals surface area contributed by atoms with Gasteiger partial charge in [-0.15, -0.1) is 11.8 Å². The number of aryl methyl sites for hydroxylation is 1. The van der Waals surface area contributed by atoms with Crippen molar-refractivity contribution < 1.29 is 14.4 Å². The summed E-state index contributed by atoms with van der Waals surface area (Å²) in [5, 5.41) is 5.67. The number of benzene rings is 1. The molecule has 2 aliphatic rings. The van der Waals surface area contributed by atoms with Crippen molar-refractivity contribution in [1.82, 2.24) is 15.5 Å². The number of nitrogens with one attached hydrogen (secondary N) is 2. The lowest BCUT2D eigenvalue weighted by molar-refractivity contribution is -0.137. The molecule has 2 atom stereocenters. The molecule has 3 rings (SSSR count). The minimum absolute atomic E-state index is 0.0988. The molecule has 1 aliphatic heterocycles. The summed E-state index contributed by atoms with van der Waals surface area (Å²) >= 11 is 1.66. The summed E-state index contributed by atoms with van der Waals surface area (Å²) in [6.07, 6.45) is 3.57. The van der Waals surface area contributed by atoms with Crippen LogP contribution in [-0.4, -0.2) is 47.1 Å². The molecule has 1 saturated carbocycles. The summed E-state index contributed by atoms with van der Waals surface area (Å²) in [5.74, 6) is 0.282. The van der Waals surface area contributed by atoms with Gasteiger partial charge in [0.25, 0.3) is 5.91 Å². The van der Waals surface area contributed by atoms with Crippen LogP contribution in [0.25, 0.3) is 0 Å². The standard InChI is InChI=1S/C20H27N3O3S/c1-14-6-8-16(9-7-14)27-12-11-21-17(24)13-23-18(25)20(22-19(23)26)10-4-3-5-15(20)2/h6-9,15H,3-5,10-13H2,1-2H3,(H,21,24)(H,22,26)/t15-,20-/m1/s1. The lowest BCUT2D eigenvalue weighted by Crippen LogP contribution is -2.54. The molecule has 1 spiro atoms. The van der Waals surface area contributed by atoms with Gasteiger partial charge < -0.3 is 10.6 Å². The monoisotopic (exact) mass is 389 g/mol. The molecule has 6 nitrogen and oxygen atoms in total. The maximum atomic E-state index is 12.8. The summed E-state index contributed by atoms with van der Waals surface area (Å²) in [7, 11) is 0. The van der Waals surface area contributed by atoms with Crippen molar-refractivity contribution in [3.8, 4) is 0 Å². The van der Waals surface area contributed by atoms with E-state index in [1.165, 1.54) is 5.56 Å². The molecule has 27 heavy (non-hydrogen) atoms. The van der Waals surface area contributed by atoms with Crippen molar-refractivity contribution in [1.29, 1.82) is 0 Å². The average Bonchev–Trinajstić information content (AvgIpc) is 2.88. The summed E-state index contributed by atoms with van der Waals surface area (Å²) in [4.78, 5) is 39.6. The van der Waals surface area contributed by atoms with Gasteiger partial charge in [0.15, 0.2) is 0 Å². The summed E-state index contributed by atoms with van der Waals surface area (Å²) in [5.41, 5.74) is 0.406. The van der Waals surface area contributed by atoms with Crippen LogP contribution in [0.3, 0.4) is 0 Å². The molecular weight excluding hydrogens is 362 g/mol. The molecule has 1 aliphatic carbocycles. The molecule has 0 unspecified atom stereocenters. The van der Waals surface area contributed by atoms with E-state index < -0.39 is 11.6 Å². The maximum Gasteiger partial charge on any atom is 0.325 e. The first-order valence-electron chi connectivity index (χ1n) is 9.52. The predicted octanol–water partition coefficient (Wildman–Crippen LogP) is 2.70. The van der Waals surface area contributed by atoms with Crippen molar-refractivity contribution >= 4 is 29.6 Å². The van der Waals surface area contributed by atoms with Crippen LogP contribution in [0, 0.1) is 12.8 Å². The molecule has 2 N–H and O–H groups in total. The maximum absolute atomic E-state index is 12.8. The number of nitrogens with zero attached hydrogens (tertiary/aromatic N) is 1. The Morgan fingerprint density at radius 2 is 2.04 bits per heavy atom. The highest BCUT2D eigenvalue weighted by Crippen LogP contribution is 2.38. The lowest BCUT2D eigenvalue weighted by Gasteiger charge is -2.36. The molecule has 1 saturated heterocycles. The topological polar surface area (TPSA) is 78.5 Å². The molecule has 1 aromatic carbocycles. The predicted molar refractivity (Wildman–Crippen MR) is 106 cm³/mol. The van der Waals surface area contributed by atoms with E-state index in [9.17, 15) is 14.4 Å². The number of hydrogen-bond donors (Lipinski definition) is 2. The second-order valence-electron chi connectivity index (χ2n) is 7.45. The fourth-order valence-corrected chi connectivity index (χ4v) is 4.60. The Bertz CT molecular complexity index is 722. The van der Waals surface area contributed by atoms with Crippen LogP contribution in [0.4, 0.5) is 4.79 Å². The van der Waals surface area contributed by atoms with Gasteiger partial charge in [-0.05, 0) is 37.8 Å². The second kappa shape index (κ2) is 8.33. The zero-order valence-corrected chi connectivity index (χ0v) is 16.7. The molecule has 2 fully saturated rings. The molecule has 0 bridgehead atoms.